The summed E-state index contributed by atoms with van der Waals surface area (Å²) in [6.07, 6.45) is 2.53. The zero-order chi connectivity index (χ0) is 16.7. The van der Waals surface area contributed by atoms with E-state index in [1.165, 1.54) is 0 Å². The number of hydrogen-bond acceptors (Lipinski definition) is 6. The summed E-state index contributed by atoms with van der Waals surface area (Å²) < 4.78 is 11.0. The summed E-state index contributed by atoms with van der Waals surface area (Å²) in [6.45, 7) is 4.31. The van der Waals surface area contributed by atoms with Crippen molar-refractivity contribution in [2.75, 3.05) is 19.8 Å². The highest BCUT2D eigenvalue weighted by atomic mass is 16.5. The molecule has 1 atom stereocenters. The smallest absolute Gasteiger partial charge is 0.265 e. The average Bonchev–Trinajstić information content (AvgIpc) is 3.01. The minimum atomic E-state index is -1.07. The van der Waals surface area contributed by atoms with Crippen molar-refractivity contribution >= 4 is 11.8 Å². The number of amides is 1. The molecular weight excluding hydrogens is 298 g/mol. The largest absolute Gasteiger partial charge is 0.494 e. The van der Waals surface area contributed by atoms with Gasteiger partial charge in [0.1, 0.15) is 12.4 Å². The Labute approximate surface area is 134 Å². The van der Waals surface area contributed by atoms with Gasteiger partial charge in [-0.3, -0.25) is 10.2 Å². The highest BCUT2D eigenvalue weighted by Crippen LogP contribution is 2.26. The number of ether oxygens (including phenoxy) is 2. The van der Waals surface area contributed by atoms with Crippen LogP contribution in [0.15, 0.2) is 41.9 Å². The first-order valence-electron chi connectivity index (χ1n) is 7.34. The van der Waals surface area contributed by atoms with E-state index in [1.807, 2.05) is 0 Å². The van der Waals surface area contributed by atoms with Crippen LogP contribution in [0.5, 0.6) is 5.75 Å². The molecule has 23 heavy (non-hydrogen) atoms. The second kappa shape index (κ2) is 7.75. The lowest BCUT2D eigenvalue weighted by atomic mass is 9.97. The summed E-state index contributed by atoms with van der Waals surface area (Å²) in [7, 11) is 0. The maximum absolute atomic E-state index is 12.0. The van der Waals surface area contributed by atoms with Crippen molar-refractivity contribution in [1.29, 1.82) is 0 Å². The van der Waals surface area contributed by atoms with Crippen LogP contribution in [-0.4, -0.2) is 42.3 Å². The maximum Gasteiger partial charge on any atom is 0.265 e. The van der Waals surface area contributed by atoms with E-state index in [1.54, 1.807) is 30.3 Å². The van der Waals surface area contributed by atoms with E-state index in [0.29, 0.717) is 31.1 Å². The van der Waals surface area contributed by atoms with E-state index in [4.69, 9.17) is 20.4 Å². The van der Waals surface area contributed by atoms with Crippen LogP contribution in [0.25, 0.3) is 0 Å². The molecule has 0 aliphatic carbocycles. The molecule has 0 aromatic heterocycles. The van der Waals surface area contributed by atoms with E-state index in [9.17, 15) is 4.79 Å². The van der Waals surface area contributed by atoms with Gasteiger partial charge in [-0.05, 0) is 24.3 Å². The van der Waals surface area contributed by atoms with Crippen LogP contribution in [0, 0.1) is 0 Å². The Morgan fingerprint density at radius 2 is 2.26 bits per heavy atom. The third-order valence-electron chi connectivity index (χ3n) is 3.47. The first-order valence-corrected chi connectivity index (χ1v) is 7.34. The number of benzene rings is 1. The highest BCUT2D eigenvalue weighted by Gasteiger charge is 2.43. The Bertz CT molecular complexity index is 585. The molecule has 1 heterocycles. The minimum absolute atomic E-state index is 0.0946. The number of hydrogen-bond donors (Lipinski definition) is 3. The van der Waals surface area contributed by atoms with Crippen molar-refractivity contribution in [3.63, 3.8) is 0 Å². The average molecular weight is 319 g/mol. The van der Waals surface area contributed by atoms with Crippen LogP contribution in [0.4, 0.5) is 0 Å². The predicted octanol–water partition coefficient (Wildman–Crippen LogP) is 0.529. The summed E-state index contributed by atoms with van der Waals surface area (Å²) in [5, 5.41) is 8.73. The summed E-state index contributed by atoms with van der Waals surface area (Å²) in [5.74, 6) is 5.91. The topological polar surface area (TPSA) is 106 Å². The molecule has 0 saturated carbocycles. The fourth-order valence-corrected chi connectivity index (χ4v) is 2.23. The molecule has 0 spiro atoms. The molecule has 7 nitrogen and oxygen atoms in total. The number of nitrogens with zero attached hydrogens (tertiary/aromatic N) is 1. The number of carbonyl (C=O) groups excluding carboxylic acids is 1. The number of aliphatic hydroxyl groups is 1. The summed E-state index contributed by atoms with van der Waals surface area (Å²) in [6, 6.07) is 7.18. The maximum atomic E-state index is 12.0. The van der Waals surface area contributed by atoms with Gasteiger partial charge in [0.15, 0.2) is 5.54 Å². The monoisotopic (exact) mass is 319 g/mol. The lowest BCUT2D eigenvalue weighted by Crippen LogP contribution is -2.49. The van der Waals surface area contributed by atoms with Crippen molar-refractivity contribution in [3.8, 4) is 5.75 Å². The zero-order valence-corrected chi connectivity index (χ0v) is 12.8. The minimum Gasteiger partial charge on any atom is -0.494 e. The van der Waals surface area contributed by atoms with E-state index >= 15 is 0 Å². The van der Waals surface area contributed by atoms with Crippen LogP contribution in [0.1, 0.15) is 18.4 Å². The molecule has 1 aromatic carbocycles. The fourth-order valence-electron chi connectivity index (χ4n) is 2.23. The molecule has 0 radical (unpaired) electrons. The van der Waals surface area contributed by atoms with Gasteiger partial charge in [-0.25, -0.2) is 10.8 Å². The van der Waals surface area contributed by atoms with E-state index in [-0.39, 0.29) is 13.2 Å². The Morgan fingerprint density at radius 1 is 1.52 bits per heavy atom. The van der Waals surface area contributed by atoms with Crippen LogP contribution in [-0.2, 0) is 9.53 Å². The van der Waals surface area contributed by atoms with Gasteiger partial charge in [0.25, 0.3) is 5.91 Å². The molecule has 0 saturated heterocycles. The van der Waals surface area contributed by atoms with Crippen LogP contribution >= 0.6 is 0 Å². The molecule has 0 unspecified atom stereocenters. The quantitative estimate of drug-likeness (QED) is 0.213. The van der Waals surface area contributed by atoms with E-state index < -0.39 is 11.4 Å². The van der Waals surface area contributed by atoms with Crippen LogP contribution in [0.3, 0.4) is 0 Å². The van der Waals surface area contributed by atoms with Gasteiger partial charge < -0.3 is 14.6 Å². The molecule has 0 bridgehead atoms. The lowest BCUT2D eigenvalue weighted by Gasteiger charge is -2.19. The van der Waals surface area contributed by atoms with Crippen molar-refractivity contribution in [2.24, 2.45) is 10.8 Å². The normalized spacial score (nSPS) is 19.7. The van der Waals surface area contributed by atoms with Gasteiger partial charge in [0, 0.05) is 25.0 Å². The van der Waals surface area contributed by atoms with E-state index in [2.05, 4.69) is 17.0 Å². The fraction of sp³-hybridized carbons (Fsp3) is 0.375. The van der Waals surface area contributed by atoms with Gasteiger partial charge in [-0.15, -0.1) is 6.58 Å². The second-order valence-corrected chi connectivity index (χ2v) is 5.15. The Hall–Kier alpha value is -2.38. The lowest BCUT2D eigenvalue weighted by molar-refractivity contribution is -0.126. The Morgan fingerprint density at radius 3 is 2.87 bits per heavy atom. The summed E-state index contributed by atoms with van der Waals surface area (Å²) >= 11 is 0. The molecule has 2 rings (SSSR count). The predicted molar refractivity (Wildman–Crippen MR) is 86.0 cm³/mol. The molecule has 124 valence electrons. The second-order valence-electron chi connectivity index (χ2n) is 5.15. The number of rotatable bonds is 8. The molecule has 1 aliphatic rings. The molecule has 7 heteroatoms. The van der Waals surface area contributed by atoms with Crippen LogP contribution in [0.2, 0.25) is 0 Å². The molecule has 1 aliphatic heterocycles. The SMILES string of the molecule is C=CC[C@@]1(C(=O)NN)COC(c2ccc(OCCCO)cc2)=N1. The first kappa shape index (κ1) is 17.0. The number of carbonyl (C=O) groups is 1. The number of nitrogens with two attached hydrogens (primary N) is 1. The van der Waals surface area contributed by atoms with Gasteiger partial charge in [-0.1, -0.05) is 6.08 Å². The Balaban J connectivity index is 2.13. The third kappa shape index (κ3) is 3.88. The van der Waals surface area contributed by atoms with Crippen molar-refractivity contribution < 1.29 is 19.4 Å². The van der Waals surface area contributed by atoms with Gasteiger partial charge in [-0.2, -0.15) is 0 Å². The van der Waals surface area contributed by atoms with Crippen molar-refractivity contribution in [3.05, 3.63) is 42.5 Å². The van der Waals surface area contributed by atoms with E-state index in [0.717, 1.165) is 5.56 Å². The molecule has 1 aromatic rings. The number of aliphatic hydroxyl groups excluding tert-OH is 1. The van der Waals surface area contributed by atoms with Crippen molar-refractivity contribution in [1.82, 2.24) is 5.43 Å². The molecular formula is C16H21N3O4. The Kier molecular flexibility index (Phi) is 5.72. The standard InChI is InChI=1S/C16H21N3O4/c1-2-8-16(15(21)19-17)11-23-14(18-16)12-4-6-13(7-5-12)22-10-3-9-20/h2,4-7,20H,1,3,8-11,17H2,(H,19,21)/t16-/m0/s1. The van der Waals surface area contributed by atoms with Crippen LogP contribution < -0.4 is 16.0 Å². The molecule has 1 amide bonds. The summed E-state index contributed by atoms with van der Waals surface area (Å²) in [4.78, 5) is 16.4. The first-order chi connectivity index (χ1) is 11.1. The number of aliphatic imine (C=N–C) groups is 1. The van der Waals surface area contributed by atoms with Gasteiger partial charge in [0.05, 0.1) is 6.61 Å². The molecule has 4 N–H and O–H groups in total. The van der Waals surface area contributed by atoms with Gasteiger partial charge in [0.2, 0.25) is 5.90 Å². The highest BCUT2D eigenvalue weighted by molar-refractivity contribution is 6.00. The number of hydrazine groups is 1. The van der Waals surface area contributed by atoms with Gasteiger partial charge >= 0.3 is 0 Å². The zero-order valence-electron chi connectivity index (χ0n) is 12.8. The van der Waals surface area contributed by atoms with Crippen molar-refractivity contribution in [2.45, 2.75) is 18.4 Å². The molecule has 0 fully saturated rings. The third-order valence-corrected chi connectivity index (χ3v) is 3.47. The number of nitrogens with one attached hydrogen (secondary N) is 1. The summed E-state index contributed by atoms with van der Waals surface area (Å²) in [5.41, 5.74) is 1.81.